The van der Waals surface area contributed by atoms with Gasteiger partial charge in [0.25, 0.3) is 0 Å². The SMILES string of the molecule is Cc1c2c(nn1CC1CCCO1)CNCC2. The minimum absolute atomic E-state index is 0.382. The molecule has 1 fully saturated rings. The lowest BCUT2D eigenvalue weighted by molar-refractivity contribution is 0.0933. The zero-order valence-corrected chi connectivity index (χ0v) is 9.83. The van der Waals surface area contributed by atoms with Crippen LogP contribution in [0.1, 0.15) is 29.8 Å². The van der Waals surface area contributed by atoms with Crippen molar-refractivity contribution >= 4 is 0 Å². The molecule has 4 heteroatoms. The van der Waals surface area contributed by atoms with Gasteiger partial charge in [-0.15, -0.1) is 0 Å². The quantitative estimate of drug-likeness (QED) is 0.810. The molecule has 4 nitrogen and oxygen atoms in total. The molecular formula is C12H19N3O. The first kappa shape index (κ1) is 10.3. The minimum atomic E-state index is 0.382. The maximum absolute atomic E-state index is 5.67. The van der Waals surface area contributed by atoms with Crippen LogP contribution < -0.4 is 5.32 Å². The molecule has 1 aromatic rings. The molecule has 3 heterocycles. The van der Waals surface area contributed by atoms with E-state index in [9.17, 15) is 0 Å². The second-order valence-electron chi connectivity index (χ2n) is 4.75. The van der Waals surface area contributed by atoms with Gasteiger partial charge in [-0.2, -0.15) is 5.10 Å². The molecule has 1 unspecified atom stereocenters. The van der Waals surface area contributed by atoms with E-state index in [4.69, 9.17) is 4.74 Å². The number of nitrogens with zero attached hydrogens (tertiary/aromatic N) is 2. The van der Waals surface area contributed by atoms with Crippen molar-refractivity contribution in [3.05, 3.63) is 17.0 Å². The second kappa shape index (κ2) is 4.18. The van der Waals surface area contributed by atoms with E-state index in [2.05, 4.69) is 22.0 Å². The van der Waals surface area contributed by atoms with Crippen LogP contribution in [0.2, 0.25) is 0 Å². The molecule has 1 atom stereocenters. The Kier molecular flexibility index (Phi) is 2.69. The smallest absolute Gasteiger partial charge is 0.0797 e. The van der Waals surface area contributed by atoms with Crippen molar-refractivity contribution in [2.45, 2.75) is 45.4 Å². The van der Waals surface area contributed by atoms with Crippen molar-refractivity contribution in [2.24, 2.45) is 0 Å². The molecule has 0 radical (unpaired) electrons. The average molecular weight is 221 g/mol. The van der Waals surface area contributed by atoms with E-state index in [0.717, 1.165) is 32.7 Å². The zero-order valence-electron chi connectivity index (χ0n) is 9.83. The predicted molar refractivity (Wildman–Crippen MR) is 61.3 cm³/mol. The van der Waals surface area contributed by atoms with Crippen LogP contribution in [0.15, 0.2) is 0 Å². The first-order valence-corrected chi connectivity index (χ1v) is 6.22. The summed E-state index contributed by atoms with van der Waals surface area (Å²) in [7, 11) is 0. The Morgan fingerprint density at radius 3 is 3.25 bits per heavy atom. The van der Waals surface area contributed by atoms with E-state index in [-0.39, 0.29) is 0 Å². The van der Waals surface area contributed by atoms with Crippen LogP contribution in [0.3, 0.4) is 0 Å². The summed E-state index contributed by atoms with van der Waals surface area (Å²) in [5.74, 6) is 0. The molecule has 0 bridgehead atoms. The third-order valence-corrected chi connectivity index (χ3v) is 3.66. The van der Waals surface area contributed by atoms with Gasteiger partial charge in [0.2, 0.25) is 0 Å². The molecule has 1 aromatic heterocycles. The number of ether oxygens (including phenoxy) is 1. The van der Waals surface area contributed by atoms with E-state index in [1.165, 1.54) is 29.8 Å². The summed E-state index contributed by atoms with van der Waals surface area (Å²) in [6, 6.07) is 0. The average Bonchev–Trinajstić information content (AvgIpc) is 2.90. The Morgan fingerprint density at radius 2 is 2.50 bits per heavy atom. The summed E-state index contributed by atoms with van der Waals surface area (Å²) >= 11 is 0. The second-order valence-corrected chi connectivity index (χ2v) is 4.75. The molecule has 0 aliphatic carbocycles. The largest absolute Gasteiger partial charge is 0.376 e. The maximum Gasteiger partial charge on any atom is 0.0797 e. The molecular weight excluding hydrogens is 202 g/mol. The van der Waals surface area contributed by atoms with Crippen molar-refractivity contribution in [3.8, 4) is 0 Å². The Hall–Kier alpha value is -0.870. The van der Waals surface area contributed by atoms with E-state index in [0.29, 0.717) is 6.10 Å². The molecule has 0 saturated carbocycles. The topological polar surface area (TPSA) is 39.1 Å². The van der Waals surface area contributed by atoms with Gasteiger partial charge >= 0.3 is 0 Å². The fourth-order valence-corrected chi connectivity index (χ4v) is 2.69. The lowest BCUT2D eigenvalue weighted by Crippen LogP contribution is -2.23. The molecule has 16 heavy (non-hydrogen) atoms. The first-order valence-electron chi connectivity index (χ1n) is 6.22. The third-order valence-electron chi connectivity index (χ3n) is 3.66. The van der Waals surface area contributed by atoms with Gasteiger partial charge in [-0.3, -0.25) is 4.68 Å². The zero-order chi connectivity index (χ0) is 11.0. The molecule has 0 spiro atoms. The highest BCUT2D eigenvalue weighted by Crippen LogP contribution is 2.20. The van der Waals surface area contributed by atoms with Crippen molar-refractivity contribution in [2.75, 3.05) is 13.2 Å². The number of hydrogen-bond acceptors (Lipinski definition) is 3. The van der Waals surface area contributed by atoms with Crippen LogP contribution >= 0.6 is 0 Å². The molecule has 0 aromatic carbocycles. The number of nitrogens with one attached hydrogen (secondary N) is 1. The number of hydrogen-bond donors (Lipinski definition) is 1. The van der Waals surface area contributed by atoms with Crippen LogP contribution in [0.25, 0.3) is 0 Å². The first-order chi connectivity index (χ1) is 7.84. The van der Waals surface area contributed by atoms with Crippen molar-refractivity contribution in [1.82, 2.24) is 15.1 Å². The van der Waals surface area contributed by atoms with Gasteiger partial charge in [-0.05, 0) is 38.3 Å². The van der Waals surface area contributed by atoms with Crippen LogP contribution in [-0.4, -0.2) is 29.0 Å². The van der Waals surface area contributed by atoms with E-state index in [1.54, 1.807) is 0 Å². The summed E-state index contributed by atoms with van der Waals surface area (Å²) in [4.78, 5) is 0. The van der Waals surface area contributed by atoms with E-state index >= 15 is 0 Å². The molecule has 1 saturated heterocycles. The lowest BCUT2D eigenvalue weighted by Gasteiger charge is -2.12. The molecule has 3 rings (SSSR count). The van der Waals surface area contributed by atoms with Gasteiger partial charge in [0.1, 0.15) is 0 Å². The fourth-order valence-electron chi connectivity index (χ4n) is 2.69. The third kappa shape index (κ3) is 1.76. The Labute approximate surface area is 96.0 Å². The molecule has 88 valence electrons. The lowest BCUT2D eigenvalue weighted by atomic mass is 10.1. The summed E-state index contributed by atoms with van der Waals surface area (Å²) in [6.45, 7) is 6.05. The summed E-state index contributed by atoms with van der Waals surface area (Å²) in [6.07, 6.45) is 3.88. The summed E-state index contributed by atoms with van der Waals surface area (Å²) in [5.41, 5.74) is 4.03. The van der Waals surface area contributed by atoms with Gasteiger partial charge in [0.05, 0.1) is 18.3 Å². The molecule has 0 amide bonds. The molecule has 1 N–H and O–H groups in total. The highest BCUT2D eigenvalue weighted by molar-refractivity contribution is 5.27. The van der Waals surface area contributed by atoms with Crippen LogP contribution in [0.4, 0.5) is 0 Å². The van der Waals surface area contributed by atoms with Gasteiger partial charge in [0, 0.05) is 18.8 Å². The summed E-state index contributed by atoms with van der Waals surface area (Å²) < 4.78 is 7.81. The number of fused-ring (bicyclic) bond motifs is 1. The summed E-state index contributed by atoms with van der Waals surface area (Å²) in [5, 5.41) is 8.06. The van der Waals surface area contributed by atoms with Gasteiger partial charge < -0.3 is 10.1 Å². The fraction of sp³-hybridized carbons (Fsp3) is 0.750. The Morgan fingerprint density at radius 1 is 1.56 bits per heavy atom. The van der Waals surface area contributed by atoms with Crippen molar-refractivity contribution in [3.63, 3.8) is 0 Å². The van der Waals surface area contributed by atoms with Gasteiger partial charge in [-0.25, -0.2) is 0 Å². The highest BCUT2D eigenvalue weighted by atomic mass is 16.5. The molecule has 2 aliphatic rings. The molecule has 2 aliphatic heterocycles. The van der Waals surface area contributed by atoms with E-state index in [1.807, 2.05) is 0 Å². The highest BCUT2D eigenvalue weighted by Gasteiger charge is 2.21. The predicted octanol–water partition coefficient (Wildman–Crippen LogP) is 1.02. The monoisotopic (exact) mass is 221 g/mol. The minimum Gasteiger partial charge on any atom is -0.376 e. The number of aromatic nitrogens is 2. The Bertz CT molecular complexity index is 380. The maximum atomic E-state index is 5.67. The van der Waals surface area contributed by atoms with Crippen LogP contribution in [0.5, 0.6) is 0 Å². The Balaban J connectivity index is 1.81. The van der Waals surface area contributed by atoms with E-state index < -0.39 is 0 Å². The van der Waals surface area contributed by atoms with Crippen LogP contribution in [-0.2, 0) is 24.2 Å². The van der Waals surface area contributed by atoms with Gasteiger partial charge in [-0.1, -0.05) is 0 Å². The van der Waals surface area contributed by atoms with Crippen molar-refractivity contribution in [1.29, 1.82) is 0 Å². The number of rotatable bonds is 2. The standard InChI is InChI=1S/C12H19N3O/c1-9-11-4-5-13-7-12(11)14-15(9)8-10-3-2-6-16-10/h10,13H,2-8H2,1H3. The van der Waals surface area contributed by atoms with Crippen molar-refractivity contribution < 1.29 is 4.74 Å². The van der Waals surface area contributed by atoms with Crippen LogP contribution in [0, 0.1) is 6.92 Å². The normalized spacial score (nSPS) is 24.7. The van der Waals surface area contributed by atoms with Gasteiger partial charge in [0.15, 0.2) is 0 Å².